The molecule has 1 aliphatic rings. The van der Waals surface area contributed by atoms with Crippen LogP contribution in [0.4, 0.5) is 5.95 Å². The SMILES string of the molecule is CCCNc1ncc(-c2ocnc2CC2CC2)cn1. The normalized spacial score (nSPS) is 14.6. The molecule has 0 radical (unpaired) electrons. The second-order valence-electron chi connectivity index (χ2n) is 5.00. The van der Waals surface area contributed by atoms with Crippen molar-refractivity contribution in [3.05, 3.63) is 24.5 Å². The summed E-state index contributed by atoms with van der Waals surface area (Å²) in [5, 5.41) is 3.16. The lowest BCUT2D eigenvalue weighted by Crippen LogP contribution is -2.03. The molecule has 0 bridgehead atoms. The van der Waals surface area contributed by atoms with Crippen LogP contribution in [-0.2, 0) is 6.42 Å². The van der Waals surface area contributed by atoms with Crippen molar-refractivity contribution in [3.63, 3.8) is 0 Å². The number of nitrogens with one attached hydrogen (secondary N) is 1. The molecule has 0 aliphatic heterocycles. The smallest absolute Gasteiger partial charge is 0.222 e. The molecule has 19 heavy (non-hydrogen) atoms. The zero-order valence-corrected chi connectivity index (χ0v) is 11.1. The first-order chi connectivity index (χ1) is 9.36. The van der Waals surface area contributed by atoms with Crippen LogP contribution < -0.4 is 5.32 Å². The Bertz CT molecular complexity index is 531. The summed E-state index contributed by atoms with van der Waals surface area (Å²) in [6.07, 6.45) is 9.77. The number of aromatic nitrogens is 3. The van der Waals surface area contributed by atoms with E-state index < -0.39 is 0 Å². The van der Waals surface area contributed by atoms with E-state index in [1.54, 1.807) is 12.4 Å². The van der Waals surface area contributed by atoms with Gasteiger partial charge in [-0.05, 0) is 31.6 Å². The van der Waals surface area contributed by atoms with Crippen molar-refractivity contribution in [2.24, 2.45) is 5.92 Å². The van der Waals surface area contributed by atoms with E-state index in [0.717, 1.165) is 42.3 Å². The van der Waals surface area contributed by atoms with Crippen molar-refractivity contribution in [3.8, 4) is 11.3 Å². The molecule has 1 saturated carbocycles. The van der Waals surface area contributed by atoms with Gasteiger partial charge in [-0.25, -0.2) is 15.0 Å². The number of rotatable bonds is 6. The average molecular weight is 258 g/mol. The van der Waals surface area contributed by atoms with Crippen molar-refractivity contribution < 1.29 is 4.42 Å². The highest BCUT2D eigenvalue weighted by atomic mass is 16.3. The number of oxazole rings is 1. The lowest BCUT2D eigenvalue weighted by molar-refractivity contribution is 0.570. The van der Waals surface area contributed by atoms with E-state index in [2.05, 4.69) is 27.2 Å². The van der Waals surface area contributed by atoms with E-state index in [1.165, 1.54) is 19.2 Å². The van der Waals surface area contributed by atoms with Gasteiger partial charge >= 0.3 is 0 Å². The Morgan fingerprint density at radius 2 is 2.05 bits per heavy atom. The van der Waals surface area contributed by atoms with Crippen LogP contribution in [0.15, 0.2) is 23.2 Å². The summed E-state index contributed by atoms with van der Waals surface area (Å²) in [6.45, 7) is 2.99. The molecule has 0 amide bonds. The zero-order chi connectivity index (χ0) is 13.1. The van der Waals surface area contributed by atoms with Crippen molar-refractivity contribution in [1.82, 2.24) is 15.0 Å². The molecule has 2 aromatic rings. The summed E-state index contributed by atoms with van der Waals surface area (Å²) in [5.41, 5.74) is 1.93. The molecular formula is C14H18N4O. The fourth-order valence-corrected chi connectivity index (χ4v) is 2.02. The number of anilines is 1. The standard InChI is InChI=1S/C14H18N4O/c1-2-5-15-14-16-7-11(8-17-14)13-12(18-9-19-13)6-10-3-4-10/h7-10H,2-6H2,1H3,(H,15,16,17). The second kappa shape index (κ2) is 5.38. The summed E-state index contributed by atoms with van der Waals surface area (Å²) >= 11 is 0. The van der Waals surface area contributed by atoms with Crippen LogP contribution in [0.25, 0.3) is 11.3 Å². The molecule has 0 saturated heterocycles. The van der Waals surface area contributed by atoms with E-state index in [0.29, 0.717) is 5.95 Å². The van der Waals surface area contributed by atoms with Crippen LogP contribution in [0.5, 0.6) is 0 Å². The van der Waals surface area contributed by atoms with Gasteiger partial charge in [-0.2, -0.15) is 0 Å². The maximum atomic E-state index is 5.49. The van der Waals surface area contributed by atoms with Crippen LogP contribution in [0.2, 0.25) is 0 Å². The third-order valence-corrected chi connectivity index (χ3v) is 3.27. The third-order valence-electron chi connectivity index (χ3n) is 3.27. The fraction of sp³-hybridized carbons (Fsp3) is 0.500. The molecule has 1 N–H and O–H groups in total. The Morgan fingerprint density at radius 3 is 2.74 bits per heavy atom. The van der Waals surface area contributed by atoms with Gasteiger partial charge in [-0.15, -0.1) is 0 Å². The maximum Gasteiger partial charge on any atom is 0.222 e. The quantitative estimate of drug-likeness (QED) is 0.863. The van der Waals surface area contributed by atoms with Gasteiger partial charge in [-0.3, -0.25) is 0 Å². The molecule has 2 aromatic heterocycles. The highest BCUT2D eigenvalue weighted by Gasteiger charge is 2.25. The van der Waals surface area contributed by atoms with Crippen molar-refractivity contribution in [2.75, 3.05) is 11.9 Å². The molecule has 1 fully saturated rings. The number of hydrogen-bond acceptors (Lipinski definition) is 5. The summed E-state index contributed by atoms with van der Waals surface area (Å²) in [6, 6.07) is 0. The average Bonchev–Trinajstić information content (AvgIpc) is 3.13. The summed E-state index contributed by atoms with van der Waals surface area (Å²) in [7, 11) is 0. The van der Waals surface area contributed by atoms with Crippen LogP contribution in [0, 0.1) is 5.92 Å². The molecule has 0 aromatic carbocycles. The molecule has 100 valence electrons. The first kappa shape index (κ1) is 12.1. The Labute approximate surface area is 112 Å². The van der Waals surface area contributed by atoms with E-state index in [1.807, 2.05) is 0 Å². The zero-order valence-electron chi connectivity index (χ0n) is 11.1. The first-order valence-corrected chi connectivity index (χ1v) is 6.85. The molecular weight excluding hydrogens is 240 g/mol. The van der Waals surface area contributed by atoms with Gasteiger partial charge in [0.05, 0.1) is 11.3 Å². The minimum Gasteiger partial charge on any atom is -0.443 e. The van der Waals surface area contributed by atoms with Crippen LogP contribution in [-0.4, -0.2) is 21.5 Å². The van der Waals surface area contributed by atoms with E-state index in [9.17, 15) is 0 Å². The molecule has 3 rings (SSSR count). The van der Waals surface area contributed by atoms with Crippen LogP contribution >= 0.6 is 0 Å². The monoisotopic (exact) mass is 258 g/mol. The topological polar surface area (TPSA) is 63.8 Å². The lowest BCUT2D eigenvalue weighted by Gasteiger charge is -2.03. The highest BCUT2D eigenvalue weighted by Crippen LogP contribution is 2.35. The predicted octanol–water partition coefficient (Wildman–Crippen LogP) is 2.91. The van der Waals surface area contributed by atoms with Crippen LogP contribution in [0.3, 0.4) is 0 Å². The Balaban J connectivity index is 1.75. The largest absolute Gasteiger partial charge is 0.443 e. The lowest BCUT2D eigenvalue weighted by atomic mass is 10.1. The summed E-state index contributed by atoms with van der Waals surface area (Å²) in [5.74, 6) is 2.26. The molecule has 0 unspecified atom stereocenters. The van der Waals surface area contributed by atoms with Crippen LogP contribution in [0.1, 0.15) is 31.9 Å². The van der Waals surface area contributed by atoms with Gasteiger partial charge in [0, 0.05) is 18.9 Å². The van der Waals surface area contributed by atoms with E-state index >= 15 is 0 Å². The minimum atomic E-state index is 0.661. The van der Waals surface area contributed by atoms with Crippen molar-refractivity contribution in [1.29, 1.82) is 0 Å². The van der Waals surface area contributed by atoms with Gasteiger partial charge in [0.2, 0.25) is 5.95 Å². The maximum absolute atomic E-state index is 5.49. The molecule has 2 heterocycles. The second-order valence-corrected chi connectivity index (χ2v) is 5.00. The third kappa shape index (κ3) is 2.92. The first-order valence-electron chi connectivity index (χ1n) is 6.85. The Hall–Kier alpha value is -1.91. The summed E-state index contributed by atoms with van der Waals surface area (Å²) < 4.78 is 5.49. The highest BCUT2D eigenvalue weighted by molar-refractivity contribution is 5.58. The predicted molar refractivity (Wildman–Crippen MR) is 72.7 cm³/mol. The van der Waals surface area contributed by atoms with Gasteiger partial charge < -0.3 is 9.73 Å². The fourth-order valence-electron chi connectivity index (χ4n) is 2.02. The van der Waals surface area contributed by atoms with E-state index in [-0.39, 0.29) is 0 Å². The van der Waals surface area contributed by atoms with Crippen molar-refractivity contribution in [2.45, 2.75) is 32.6 Å². The molecule has 0 atom stereocenters. The molecule has 1 aliphatic carbocycles. The van der Waals surface area contributed by atoms with Gasteiger partial charge in [0.1, 0.15) is 0 Å². The van der Waals surface area contributed by atoms with Gasteiger partial charge in [0.25, 0.3) is 0 Å². The van der Waals surface area contributed by atoms with Crippen molar-refractivity contribution >= 4 is 5.95 Å². The van der Waals surface area contributed by atoms with E-state index in [4.69, 9.17) is 4.42 Å². The number of nitrogens with zero attached hydrogens (tertiary/aromatic N) is 3. The molecule has 5 heteroatoms. The number of hydrogen-bond donors (Lipinski definition) is 1. The molecule has 0 spiro atoms. The Kier molecular flexibility index (Phi) is 3.44. The Morgan fingerprint density at radius 1 is 1.26 bits per heavy atom. The van der Waals surface area contributed by atoms with Gasteiger partial charge in [-0.1, -0.05) is 6.92 Å². The summed E-state index contributed by atoms with van der Waals surface area (Å²) in [4.78, 5) is 12.9. The van der Waals surface area contributed by atoms with Gasteiger partial charge in [0.15, 0.2) is 12.2 Å². The molecule has 5 nitrogen and oxygen atoms in total. The minimum absolute atomic E-state index is 0.661.